The largest absolute Gasteiger partial charge is 0.326 e. The summed E-state index contributed by atoms with van der Waals surface area (Å²) in [5.74, 6) is 1.19. The fourth-order valence-electron chi connectivity index (χ4n) is 1.67. The number of thioether (sulfide) groups is 1. The maximum atomic E-state index is 11.6. The van der Waals surface area contributed by atoms with Crippen molar-refractivity contribution < 1.29 is 0 Å². The highest BCUT2D eigenvalue weighted by molar-refractivity contribution is 8.06. The number of imidazole rings is 1. The van der Waals surface area contributed by atoms with Crippen LogP contribution in [-0.2, 0) is 6.54 Å². The van der Waals surface area contributed by atoms with Crippen molar-refractivity contribution in [2.75, 3.05) is 5.75 Å². The maximum absolute atomic E-state index is 11.6. The van der Waals surface area contributed by atoms with Gasteiger partial charge in [-0.25, -0.2) is 4.79 Å². The van der Waals surface area contributed by atoms with Gasteiger partial charge in [0.25, 0.3) is 0 Å². The van der Waals surface area contributed by atoms with E-state index in [4.69, 9.17) is 0 Å². The number of H-pyrrole nitrogens is 1. The Hall–Kier alpha value is -1.16. The number of hydrogen-bond donors (Lipinski definition) is 1. The second-order valence-corrected chi connectivity index (χ2v) is 4.85. The Morgan fingerprint density at radius 2 is 2.29 bits per heavy atom. The van der Waals surface area contributed by atoms with Crippen LogP contribution < -0.4 is 5.69 Å². The number of rotatable bonds is 2. The first-order valence-corrected chi connectivity index (χ1v) is 5.68. The van der Waals surface area contributed by atoms with E-state index in [-0.39, 0.29) is 5.69 Å². The van der Waals surface area contributed by atoms with Gasteiger partial charge in [0, 0.05) is 17.5 Å². The SMILES string of the molecule is O=c1[nH]c2ccccc2n1CC1CS1. The predicted octanol–water partition coefficient (Wildman–Crippen LogP) is 1.44. The molecule has 1 aliphatic heterocycles. The fourth-order valence-corrected chi connectivity index (χ4v) is 2.16. The van der Waals surface area contributed by atoms with Crippen LogP contribution in [0.4, 0.5) is 0 Å². The van der Waals surface area contributed by atoms with E-state index in [2.05, 4.69) is 4.98 Å². The number of benzene rings is 1. The number of nitrogens with one attached hydrogen (secondary N) is 1. The molecule has 4 heteroatoms. The number of hydrogen-bond acceptors (Lipinski definition) is 2. The zero-order chi connectivity index (χ0) is 9.54. The molecule has 3 nitrogen and oxygen atoms in total. The van der Waals surface area contributed by atoms with Gasteiger partial charge in [0.1, 0.15) is 0 Å². The predicted molar refractivity (Wildman–Crippen MR) is 58.8 cm³/mol. The highest BCUT2D eigenvalue weighted by Gasteiger charge is 2.24. The third-order valence-corrected chi connectivity index (χ3v) is 3.42. The van der Waals surface area contributed by atoms with Crippen molar-refractivity contribution in [1.82, 2.24) is 9.55 Å². The van der Waals surface area contributed by atoms with E-state index >= 15 is 0 Å². The van der Waals surface area contributed by atoms with E-state index in [1.54, 1.807) is 0 Å². The molecule has 0 saturated carbocycles. The second-order valence-electron chi connectivity index (χ2n) is 3.51. The molecule has 3 rings (SSSR count). The molecule has 72 valence electrons. The molecule has 1 aromatic heterocycles. The Labute approximate surface area is 85.1 Å². The molecule has 2 heterocycles. The van der Waals surface area contributed by atoms with Crippen molar-refractivity contribution in [1.29, 1.82) is 0 Å². The molecular formula is C10H10N2OS. The molecule has 1 fully saturated rings. The number of para-hydroxylation sites is 2. The normalized spacial score (nSPS) is 20.1. The van der Waals surface area contributed by atoms with E-state index in [9.17, 15) is 4.79 Å². The molecule has 1 aromatic carbocycles. The molecule has 2 aromatic rings. The first-order valence-electron chi connectivity index (χ1n) is 4.64. The van der Waals surface area contributed by atoms with Crippen molar-refractivity contribution in [3.05, 3.63) is 34.7 Å². The molecule has 14 heavy (non-hydrogen) atoms. The van der Waals surface area contributed by atoms with Gasteiger partial charge in [-0.2, -0.15) is 11.8 Å². The van der Waals surface area contributed by atoms with E-state index in [0.717, 1.165) is 17.6 Å². The van der Waals surface area contributed by atoms with Gasteiger partial charge in [-0.05, 0) is 12.1 Å². The smallest absolute Gasteiger partial charge is 0.306 e. The first kappa shape index (κ1) is 8.17. The molecule has 0 aliphatic carbocycles. The minimum atomic E-state index is 0.0127. The average molecular weight is 206 g/mol. The Kier molecular flexibility index (Phi) is 1.70. The van der Waals surface area contributed by atoms with Crippen LogP contribution in [0.15, 0.2) is 29.1 Å². The second kappa shape index (κ2) is 2.92. The standard InChI is InChI=1S/C10H10N2OS/c13-10-11-8-3-1-2-4-9(8)12(10)5-7-6-14-7/h1-4,7H,5-6H2,(H,11,13). The summed E-state index contributed by atoms with van der Waals surface area (Å²) in [5.41, 5.74) is 1.96. The lowest BCUT2D eigenvalue weighted by atomic mass is 10.3. The van der Waals surface area contributed by atoms with Crippen molar-refractivity contribution in [2.24, 2.45) is 0 Å². The molecule has 0 bridgehead atoms. The summed E-state index contributed by atoms with van der Waals surface area (Å²) in [7, 11) is 0. The third kappa shape index (κ3) is 1.26. The molecule has 1 N–H and O–H groups in total. The number of nitrogens with zero attached hydrogens (tertiary/aromatic N) is 1. The van der Waals surface area contributed by atoms with Crippen LogP contribution in [0.1, 0.15) is 0 Å². The van der Waals surface area contributed by atoms with Crippen LogP contribution in [0.5, 0.6) is 0 Å². The van der Waals surface area contributed by atoms with E-state index < -0.39 is 0 Å². The van der Waals surface area contributed by atoms with Gasteiger partial charge in [0.15, 0.2) is 0 Å². The van der Waals surface area contributed by atoms with Gasteiger partial charge < -0.3 is 4.98 Å². The topological polar surface area (TPSA) is 37.8 Å². The van der Waals surface area contributed by atoms with Gasteiger partial charge in [-0.15, -0.1) is 0 Å². The minimum Gasteiger partial charge on any atom is -0.306 e. The Morgan fingerprint density at radius 1 is 1.50 bits per heavy atom. The van der Waals surface area contributed by atoms with Crippen LogP contribution >= 0.6 is 11.8 Å². The van der Waals surface area contributed by atoms with Gasteiger partial charge >= 0.3 is 5.69 Å². The Balaban J connectivity index is 2.18. The molecule has 1 unspecified atom stereocenters. The molecule has 0 spiro atoms. The summed E-state index contributed by atoms with van der Waals surface area (Å²) in [6.07, 6.45) is 0. The van der Waals surface area contributed by atoms with Crippen LogP contribution in [0, 0.1) is 0 Å². The van der Waals surface area contributed by atoms with Crippen LogP contribution in [0.3, 0.4) is 0 Å². The van der Waals surface area contributed by atoms with E-state index in [1.807, 2.05) is 40.6 Å². The number of aromatic amines is 1. The summed E-state index contributed by atoms with van der Waals surface area (Å²) in [5, 5.41) is 0.645. The number of fused-ring (bicyclic) bond motifs is 1. The third-order valence-electron chi connectivity index (χ3n) is 2.47. The van der Waals surface area contributed by atoms with E-state index in [1.165, 1.54) is 5.75 Å². The van der Waals surface area contributed by atoms with Crippen molar-refractivity contribution in [2.45, 2.75) is 11.8 Å². The lowest BCUT2D eigenvalue weighted by molar-refractivity contribution is 0.716. The minimum absolute atomic E-state index is 0.0127. The summed E-state index contributed by atoms with van der Waals surface area (Å²) >= 11 is 1.91. The zero-order valence-corrected chi connectivity index (χ0v) is 8.38. The van der Waals surface area contributed by atoms with Crippen LogP contribution in [0.2, 0.25) is 0 Å². The Morgan fingerprint density at radius 3 is 3.07 bits per heavy atom. The van der Waals surface area contributed by atoms with Crippen LogP contribution in [-0.4, -0.2) is 20.6 Å². The average Bonchev–Trinajstić information content (AvgIpc) is 2.93. The van der Waals surface area contributed by atoms with Crippen molar-refractivity contribution in [3.8, 4) is 0 Å². The summed E-state index contributed by atoms with van der Waals surface area (Å²) in [6.45, 7) is 0.841. The highest BCUT2D eigenvalue weighted by Crippen LogP contribution is 2.31. The van der Waals surface area contributed by atoms with E-state index in [0.29, 0.717) is 5.25 Å². The summed E-state index contributed by atoms with van der Waals surface area (Å²) in [6, 6.07) is 7.83. The highest BCUT2D eigenvalue weighted by atomic mass is 32.2. The maximum Gasteiger partial charge on any atom is 0.326 e. The lowest BCUT2D eigenvalue weighted by Crippen LogP contribution is -2.18. The lowest BCUT2D eigenvalue weighted by Gasteiger charge is -1.99. The molecule has 1 aliphatic rings. The Bertz CT molecular complexity index is 524. The molecule has 0 radical (unpaired) electrons. The first-order chi connectivity index (χ1) is 6.84. The van der Waals surface area contributed by atoms with Gasteiger partial charge in [-0.3, -0.25) is 4.57 Å². The summed E-state index contributed by atoms with van der Waals surface area (Å²) < 4.78 is 1.83. The molecule has 1 saturated heterocycles. The fraction of sp³-hybridized carbons (Fsp3) is 0.300. The molecule has 1 atom stereocenters. The molecule has 0 amide bonds. The summed E-state index contributed by atoms with van der Waals surface area (Å²) in [4.78, 5) is 14.5. The molecular weight excluding hydrogens is 196 g/mol. The van der Waals surface area contributed by atoms with Gasteiger partial charge in [0.05, 0.1) is 11.0 Å². The quantitative estimate of drug-likeness (QED) is 0.755. The van der Waals surface area contributed by atoms with Crippen LogP contribution in [0.25, 0.3) is 11.0 Å². The van der Waals surface area contributed by atoms with Gasteiger partial charge in [-0.1, -0.05) is 12.1 Å². The number of aromatic nitrogens is 2. The van der Waals surface area contributed by atoms with Gasteiger partial charge in [0.2, 0.25) is 0 Å². The van der Waals surface area contributed by atoms with Crippen molar-refractivity contribution >= 4 is 22.8 Å². The zero-order valence-electron chi connectivity index (χ0n) is 7.56. The van der Waals surface area contributed by atoms with Crippen molar-refractivity contribution in [3.63, 3.8) is 0 Å². The monoisotopic (exact) mass is 206 g/mol.